The maximum Gasteiger partial charge on any atom is 0.0556 e. The number of aliphatic hydroxyl groups is 1. The van der Waals surface area contributed by atoms with E-state index in [9.17, 15) is 0 Å². The summed E-state index contributed by atoms with van der Waals surface area (Å²) in [5.41, 5.74) is 1.56. The van der Waals surface area contributed by atoms with Crippen molar-refractivity contribution in [2.24, 2.45) is 0 Å². The highest BCUT2D eigenvalue weighted by molar-refractivity contribution is 7.12. The van der Waals surface area contributed by atoms with E-state index in [1.165, 1.54) is 24.1 Å². The van der Waals surface area contributed by atoms with E-state index in [-0.39, 0.29) is 6.61 Å². The monoisotopic (exact) mass is 211 g/mol. The second kappa shape index (κ2) is 4.43. The molecule has 0 saturated heterocycles. The van der Waals surface area contributed by atoms with E-state index in [0.717, 1.165) is 0 Å². The number of aryl methyl sites for hydroxylation is 2. The van der Waals surface area contributed by atoms with E-state index in [1.807, 2.05) is 11.3 Å². The lowest BCUT2D eigenvalue weighted by atomic mass is 10.2. The molecule has 1 atom stereocenters. The maximum absolute atomic E-state index is 8.72. The van der Waals surface area contributed by atoms with E-state index < -0.39 is 0 Å². The third kappa shape index (κ3) is 2.00. The fraction of sp³-hybridized carbons (Fsp3) is 0.636. The van der Waals surface area contributed by atoms with Crippen molar-refractivity contribution in [1.29, 1.82) is 0 Å². The molecule has 0 aliphatic heterocycles. The minimum atomic E-state index is 0.218. The Morgan fingerprint density at radius 2 is 2.43 bits per heavy atom. The van der Waals surface area contributed by atoms with Gasteiger partial charge in [-0.2, -0.15) is 0 Å². The van der Waals surface area contributed by atoms with Crippen molar-refractivity contribution >= 4 is 11.3 Å². The number of hydrogen-bond acceptors (Lipinski definition) is 3. The zero-order valence-electron chi connectivity index (χ0n) is 8.55. The summed E-state index contributed by atoms with van der Waals surface area (Å²) in [5.74, 6) is 0. The van der Waals surface area contributed by atoms with Gasteiger partial charge in [-0.3, -0.25) is 0 Å². The van der Waals surface area contributed by atoms with Crippen molar-refractivity contribution in [3.63, 3.8) is 0 Å². The fourth-order valence-electron chi connectivity index (χ4n) is 1.95. The first kappa shape index (κ1) is 10.1. The average Bonchev–Trinajstić information content (AvgIpc) is 2.72. The Balaban J connectivity index is 2.02. The molecular weight excluding hydrogens is 194 g/mol. The Bertz CT molecular complexity index is 287. The molecule has 1 aliphatic carbocycles. The van der Waals surface area contributed by atoms with Crippen LogP contribution in [0.1, 0.15) is 34.7 Å². The van der Waals surface area contributed by atoms with Gasteiger partial charge in [0, 0.05) is 22.3 Å². The topological polar surface area (TPSA) is 32.3 Å². The fourth-order valence-corrected chi connectivity index (χ4v) is 3.23. The minimum Gasteiger partial charge on any atom is -0.395 e. The van der Waals surface area contributed by atoms with E-state index in [4.69, 9.17) is 5.11 Å². The quantitative estimate of drug-likeness (QED) is 0.797. The lowest BCUT2D eigenvalue weighted by molar-refractivity contribution is 0.286. The second-order valence-corrected chi connectivity index (χ2v) is 5.02. The highest BCUT2D eigenvalue weighted by Crippen LogP contribution is 2.33. The predicted molar refractivity (Wildman–Crippen MR) is 59.8 cm³/mol. The van der Waals surface area contributed by atoms with Crippen LogP contribution >= 0.6 is 11.3 Å². The highest BCUT2D eigenvalue weighted by atomic mass is 32.1. The number of thiophene rings is 1. The van der Waals surface area contributed by atoms with E-state index in [0.29, 0.717) is 12.6 Å². The summed E-state index contributed by atoms with van der Waals surface area (Å²) in [6.07, 6.45) is 3.87. The largest absolute Gasteiger partial charge is 0.395 e. The number of fused-ring (bicyclic) bond motifs is 1. The summed E-state index contributed by atoms with van der Waals surface area (Å²) in [7, 11) is 0. The molecular formula is C11H17NOS. The van der Waals surface area contributed by atoms with Gasteiger partial charge in [0.15, 0.2) is 0 Å². The molecule has 1 unspecified atom stereocenters. The molecule has 1 aromatic rings. The van der Waals surface area contributed by atoms with Gasteiger partial charge in [0.05, 0.1) is 6.61 Å². The molecule has 14 heavy (non-hydrogen) atoms. The van der Waals surface area contributed by atoms with E-state index in [2.05, 4.69) is 18.3 Å². The van der Waals surface area contributed by atoms with Gasteiger partial charge in [0.2, 0.25) is 0 Å². The molecule has 78 valence electrons. The number of aliphatic hydroxyl groups excluding tert-OH is 1. The van der Waals surface area contributed by atoms with Crippen LogP contribution in [0.2, 0.25) is 0 Å². The molecule has 0 fully saturated rings. The lowest BCUT2D eigenvalue weighted by Gasteiger charge is -2.10. The van der Waals surface area contributed by atoms with Crippen molar-refractivity contribution in [3.8, 4) is 0 Å². The predicted octanol–water partition coefficient (Wildman–Crippen LogP) is 1.88. The van der Waals surface area contributed by atoms with Crippen LogP contribution in [-0.4, -0.2) is 18.3 Å². The van der Waals surface area contributed by atoms with Gasteiger partial charge < -0.3 is 10.4 Å². The Hall–Kier alpha value is -0.380. The van der Waals surface area contributed by atoms with Gasteiger partial charge >= 0.3 is 0 Å². The molecule has 0 aromatic carbocycles. The van der Waals surface area contributed by atoms with Gasteiger partial charge in [0.1, 0.15) is 0 Å². The molecule has 0 spiro atoms. The minimum absolute atomic E-state index is 0.218. The molecule has 0 saturated carbocycles. The van der Waals surface area contributed by atoms with Crippen LogP contribution < -0.4 is 5.32 Å². The van der Waals surface area contributed by atoms with Gasteiger partial charge in [-0.15, -0.1) is 11.3 Å². The van der Waals surface area contributed by atoms with Gasteiger partial charge in [-0.1, -0.05) is 0 Å². The van der Waals surface area contributed by atoms with Crippen LogP contribution in [0.25, 0.3) is 0 Å². The number of hydrogen-bond donors (Lipinski definition) is 2. The molecule has 1 heterocycles. The highest BCUT2D eigenvalue weighted by Gasteiger charge is 2.17. The maximum atomic E-state index is 8.72. The SMILES string of the molecule is CC(NCCO)c1cc2c(s1)CCC2. The van der Waals surface area contributed by atoms with Crippen molar-refractivity contribution in [3.05, 3.63) is 21.4 Å². The number of nitrogens with one attached hydrogen (secondary N) is 1. The molecule has 0 amide bonds. The third-order valence-electron chi connectivity index (χ3n) is 2.75. The van der Waals surface area contributed by atoms with Crippen molar-refractivity contribution in [2.75, 3.05) is 13.2 Å². The van der Waals surface area contributed by atoms with Crippen LogP contribution in [0.3, 0.4) is 0 Å². The molecule has 1 aliphatic rings. The third-order valence-corrected chi connectivity index (χ3v) is 4.17. The van der Waals surface area contributed by atoms with Crippen LogP contribution in [0.15, 0.2) is 6.07 Å². The summed E-state index contributed by atoms with van der Waals surface area (Å²) in [6, 6.07) is 2.72. The normalized spacial score (nSPS) is 17.0. The van der Waals surface area contributed by atoms with Crippen LogP contribution in [0.4, 0.5) is 0 Å². The molecule has 3 heteroatoms. The molecule has 1 aromatic heterocycles. The smallest absolute Gasteiger partial charge is 0.0556 e. The van der Waals surface area contributed by atoms with Gasteiger partial charge in [-0.05, 0) is 37.8 Å². The first-order chi connectivity index (χ1) is 6.81. The second-order valence-electron chi connectivity index (χ2n) is 3.85. The lowest BCUT2D eigenvalue weighted by Crippen LogP contribution is -2.21. The molecule has 2 N–H and O–H groups in total. The van der Waals surface area contributed by atoms with Gasteiger partial charge in [-0.25, -0.2) is 0 Å². The Morgan fingerprint density at radius 1 is 1.57 bits per heavy atom. The zero-order valence-corrected chi connectivity index (χ0v) is 9.36. The zero-order chi connectivity index (χ0) is 9.97. The summed E-state index contributed by atoms with van der Waals surface area (Å²) < 4.78 is 0. The first-order valence-electron chi connectivity index (χ1n) is 5.27. The van der Waals surface area contributed by atoms with Crippen molar-refractivity contribution in [1.82, 2.24) is 5.32 Å². The van der Waals surface area contributed by atoms with Crippen molar-refractivity contribution < 1.29 is 5.11 Å². The van der Waals surface area contributed by atoms with Crippen LogP contribution in [-0.2, 0) is 12.8 Å². The van der Waals surface area contributed by atoms with E-state index >= 15 is 0 Å². The number of rotatable bonds is 4. The molecule has 2 rings (SSSR count). The summed E-state index contributed by atoms with van der Waals surface area (Å²) >= 11 is 1.94. The van der Waals surface area contributed by atoms with Crippen molar-refractivity contribution in [2.45, 2.75) is 32.2 Å². The van der Waals surface area contributed by atoms with Gasteiger partial charge in [0.25, 0.3) is 0 Å². The molecule has 2 nitrogen and oxygen atoms in total. The van der Waals surface area contributed by atoms with E-state index in [1.54, 1.807) is 10.4 Å². The Morgan fingerprint density at radius 3 is 3.14 bits per heavy atom. The van der Waals surface area contributed by atoms with Crippen LogP contribution in [0.5, 0.6) is 0 Å². The molecule has 0 bridgehead atoms. The first-order valence-corrected chi connectivity index (χ1v) is 6.08. The Labute approximate surface area is 89.0 Å². The van der Waals surface area contributed by atoms with Crippen LogP contribution in [0, 0.1) is 0 Å². The average molecular weight is 211 g/mol. The summed E-state index contributed by atoms with van der Waals surface area (Å²) in [6.45, 7) is 3.07. The molecule has 0 radical (unpaired) electrons. The Kier molecular flexibility index (Phi) is 3.21. The summed E-state index contributed by atoms with van der Waals surface area (Å²) in [4.78, 5) is 3.00. The standard InChI is InChI=1S/C11H17NOS/c1-8(12-5-6-13)11-7-9-3-2-4-10(9)14-11/h7-8,12-13H,2-6H2,1H3. The summed E-state index contributed by atoms with van der Waals surface area (Å²) in [5, 5.41) is 12.0.